The minimum atomic E-state index is 0.408. The molecule has 0 aliphatic carbocycles. The number of nitriles is 1. The Balaban J connectivity index is 2.66. The molecule has 1 N–H and O–H groups in total. The van der Waals surface area contributed by atoms with Crippen molar-refractivity contribution in [2.45, 2.75) is 6.42 Å². The highest BCUT2D eigenvalue weighted by molar-refractivity contribution is 5.32. The molecule has 14 heavy (non-hydrogen) atoms. The Bertz CT molecular complexity index is 393. The van der Waals surface area contributed by atoms with E-state index in [4.69, 9.17) is 5.26 Å². The molecule has 0 fully saturated rings. The third kappa shape index (κ3) is 3.26. The van der Waals surface area contributed by atoms with Crippen molar-refractivity contribution >= 4 is 0 Å². The van der Waals surface area contributed by atoms with Crippen LogP contribution < -0.4 is 5.32 Å². The van der Waals surface area contributed by atoms with Crippen LogP contribution in [0, 0.1) is 23.2 Å². The normalized spacial score (nSPS) is 8.57. The number of hydrogen-bond acceptors (Lipinski definition) is 3. The van der Waals surface area contributed by atoms with E-state index in [-0.39, 0.29) is 0 Å². The van der Waals surface area contributed by atoms with Crippen LogP contribution in [0.4, 0.5) is 0 Å². The molecular weight excluding hydrogens is 174 g/mol. The van der Waals surface area contributed by atoms with Gasteiger partial charge in [0.2, 0.25) is 0 Å². The maximum absolute atomic E-state index is 8.60. The molecule has 1 rings (SSSR count). The van der Waals surface area contributed by atoms with Gasteiger partial charge in [0, 0.05) is 13.0 Å². The van der Waals surface area contributed by atoms with E-state index in [9.17, 15) is 0 Å². The molecule has 0 bridgehead atoms. The number of nitrogens with zero attached hydrogens (tertiary/aromatic N) is 2. The highest BCUT2D eigenvalue weighted by Crippen LogP contribution is 1.95. The summed E-state index contributed by atoms with van der Waals surface area (Å²) in [5, 5.41) is 11.6. The molecule has 70 valence electrons. The Morgan fingerprint density at radius 3 is 2.93 bits per heavy atom. The second-order valence-electron chi connectivity index (χ2n) is 2.68. The summed E-state index contributed by atoms with van der Waals surface area (Å²) in [5.41, 5.74) is 1.06. The van der Waals surface area contributed by atoms with Crippen molar-refractivity contribution in [3.05, 3.63) is 29.6 Å². The average molecular weight is 185 g/mol. The fourth-order valence-electron chi connectivity index (χ4n) is 0.907. The SMILES string of the molecule is CNCCC#Cc1cccc(C#N)n1. The van der Waals surface area contributed by atoms with Gasteiger partial charge >= 0.3 is 0 Å². The van der Waals surface area contributed by atoms with Gasteiger partial charge in [-0.05, 0) is 25.1 Å². The molecule has 0 amide bonds. The molecule has 0 saturated heterocycles. The minimum absolute atomic E-state index is 0.408. The van der Waals surface area contributed by atoms with Gasteiger partial charge in [-0.2, -0.15) is 5.26 Å². The molecule has 0 atom stereocenters. The molecule has 1 heterocycles. The van der Waals surface area contributed by atoms with E-state index >= 15 is 0 Å². The van der Waals surface area contributed by atoms with Gasteiger partial charge in [0.15, 0.2) is 0 Å². The van der Waals surface area contributed by atoms with Crippen LogP contribution in [-0.4, -0.2) is 18.6 Å². The first kappa shape index (κ1) is 10.2. The minimum Gasteiger partial charge on any atom is -0.319 e. The van der Waals surface area contributed by atoms with Crippen LogP contribution in [0.5, 0.6) is 0 Å². The van der Waals surface area contributed by atoms with E-state index in [1.807, 2.05) is 13.1 Å². The van der Waals surface area contributed by atoms with E-state index in [1.54, 1.807) is 18.2 Å². The lowest BCUT2D eigenvalue weighted by Crippen LogP contribution is -2.05. The van der Waals surface area contributed by atoms with Crippen molar-refractivity contribution in [3.8, 4) is 17.9 Å². The smallest absolute Gasteiger partial charge is 0.141 e. The Kier molecular flexibility index (Phi) is 4.20. The van der Waals surface area contributed by atoms with Crippen LogP contribution in [0.3, 0.4) is 0 Å². The molecule has 0 spiro atoms. The van der Waals surface area contributed by atoms with Crippen molar-refractivity contribution in [1.29, 1.82) is 5.26 Å². The van der Waals surface area contributed by atoms with E-state index < -0.39 is 0 Å². The molecule has 1 aromatic heterocycles. The third-order valence-corrected chi connectivity index (χ3v) is 1.58. The summed E-state index contributed by atoms with van der Waals surface area (Å²) in [6, 6.07) is 7.23. The molecule has 3 heteroatoms. The first-order valence-electron chi connectivity index (χ1n) is 4.37. The zero-order chi connectivity index (χ0) is 10.2. The number of nitrogens with one attached hydrogen (secondary N) is 1. The molecule has 0 aliphatic heterocycles. The van der Waals surface area contributed by atoms with Gasteiger partial charge in [-0.15, -0.1) is 0 Å². The molecule has 0 unspecified atom stereocenters. The predicted octanol–water partition coefficient (Wildman–Crippen LogP) is 0.914. The molecule has 0 saturated carbocycles. The van der Waals surface area contributed by atoms with E-state index in [0.29, 0.717) is 11.4 Å². The molecule has 3 nitrogen and oxygen atoms in total. The van der Waals surface area contributed by atoms with Crippen molar-refractivity contribution in [2.75, 3.05) is 13.6 Å². The van der Waals surface area contributed by atoms with Crippen molar-refractivity contribution in [3.63, 3.8) is 0 Å². The highest BCUT2D eigenvalue weighted by Gasteiger charge is 1.91. The molecular formula is C11H11N3. The molecule has 0 radical (unpaired) electrons. The van der Waals surface area contributed by atoms with Crippen molar-refractivity contribution < 1.29 is 0 Å². The molecule has 0 aliphatic rings. The van der Waals surface area contributed by atoms with Gasteiger partial charge < -0.3 is 5.32 Å². The fraction of sp³-hybridized carbons (Fsp3) is 0.273. The monoisotopic (exact) mass is 185 g/mol. The molecule has 0 aromatic carbocycles. The van der Waals surface area contributed by atoms with E-state index in [2.05, 4.69) is 22.1 Å². The summed E-state index contributed by atoms with van der Waals surface area (Å²) in [6.07, 6.45) is 0.787. The summed E-state index contributed by atoms with van der Waals surface area (Å²) in [5.74, 6) is 5.87. The lowest BCUT2D eigenvalue weighted by atomic mass is 10.3. The van der Waals surface area contributed by atoms with Gasteiger partial charge in [-0.1, -0.05) is 12.0 Å². The summed E-state index contributed by atoms with van der Waals surface area (Å²) >= 11 is 0. The standard InChI is InChI=1S/C11H11N3/c1-13-8-3-2-5-10-6-4-7-11(9-12)14-10/h4,6-7,13H,3,8H2,1H3. The zero-order valence-corrected chi connectivity index (χ0v) is 8.04. The van der Waals surface area contributed by atoms with Crippen molar-refractivity contribution in [2.24, 2.45) is 0 Å². The number of rotatable bonds is 2. The Morgan fingerprint density at radius 2 is 2.21 bits per heavy atom. The summed E-state index contributed by atoms with van der Waals surface area (Å²) in [4.78, 5) is 4.03. The fourth-order valence-corrected chi connectivity index (χ4v) is 0.907. The summed E-state index contributed by atoms with van der Waals surface area (Å²) in [6.45, 7) is 0.866. The number of pyridine rings is 1. The Morgan fingerprint density at radius 1 is 1.43 bits per heavy atom. The lowest BCUT2D eigenvalue weighted by molar-refractivity contribution is 0.818. The zero-order valence-electron chi connectivity index (χ0n) is 8.04. The van der Waals surface area contributed by atoms with E-state index in [1.165, 1.54) is 0 Å². The predicted molar refractivity (Wildman–Crippen MR) is 54.4 cm³/mol. The maximum atomic E-state index is 8.60. The average Bonchev–Trinajstić information content (AvgIpc) is 2.25. The van der Waals surface area contributed by atoms with Crippen molar-refractivity contribution in [1.82, 2.24) is 10.3 Å². The second kappa shape index (κ2) is 5.75. The van der Waals surface area contributed by atoms with Gasteiger partial charge in [0.1, 0.15) is 17.5 Å². The van der Waals surface area contributed by atoms with Crippen LogP contribution in [0.15, 0.2) is 18.2 Å². The first-order chi connectivity index (χ1) is 6.86. The second-order valence-corrected chi connectivity index (χ2v) is 2.68. The number of aromatic nitrogens is 1. The molecule has 1 aromatic rings. The summed E-state index contributed by atoms with van der Waals surface area (Å²) < 4.78 is 0. The van der Waals surface area contributed by atoms with Gasteiger partial charge in [0.05, 0.1) is 0 Å². The van der Waals surface area contributed by atoms with Crippen LogP contribution in [0.25, 0.3) is 0 Å². The Hall–Kier alpha value is -1.84. The van der Waals surface area contributed by atoms with Crippen LogP contribution in [0.2, 0.25) is 0 Å². The highest BCUT2D eigenvalue weighted by atomic mass is 14.8. The van der Waals surface area contributed by atoms with Gasteiger partial charge in [-0.3, -0.25) is 0 Å². The van der Waals surface area contributed by atoms with Gasteiger partial charge in [0.25, 0.3) is 0 Å². The largest absolute Gasteiger partial charge is 0.319 e. The quantitative estimate of drug-likeness (QED) is 0.550. The van der Waals surface area contributed by atoms with Gasteiger partial charge in [-0.25, -0.2) is 4.98 Å². The van der Waals surface area contributed by atoms with Crippen LogP contribution in [-0.2, 0) is 0 Å². The third-order valence-electron chi connectivity index (χ3n) is 1.58. The summed E-state index contributed by atoms with van der Waals surface area (Å²) in [7, 11) is 1.89. The Labute approximate surface area is 83.8 Å². The lowest BCUT2D eigenvalue weighted by Gasteiger charge is -1.90. The van der Waals surface area contributed by atoms with Crippen LogP contribution >= 0.6 is 0 Å². The van der Waals surface area contributed by atoms with E-state index in [0.717, 1.165) is 13.0 Å². The first-order valence-corrected chi connectivity index (χ1v) is 4.37. The maximum Gasteiger partial charge on any atom is 0.141 e. The topological polar surface area (TPSA) is 48.7 Å². The number of hydrogen-bond donors (Lipinski definition) is 1. The van der Waals surface area contributed by atoms with Crippen LogP contribution in [0.1, 0.15) is 17.8 Å².